The summed E-state index contributed by atoms with van der Waals surface area (Å²) < 4.78 is 5.21. The lowest BCUT2D eigenvalue weighted by Crippen LogP contribution is -2.68. The molecule has 0 spiro atoms. The van der Waals surface area contributed by atoms with Gasteiger partial charge in [0.2, 0.25) is 5.91 Å². The van der Waals surface area contributed by atoms with Crippen molar-refractivity contribution in [3.63, 3.8) is 0 Å². The second-order valence-electron chi connectivity index (χ2n) is 9.76. The van der Waals surface area contributed by atoms with Crippen molar-refractivity contribution in [3.8, 4) is 17.6 Å². The Balaban J connectivity index is 1.30. The number of methoxy groups -OCH3 is 1. The number of benzene rings is 2. The van der Waals surface area contributed by atoms with E-state index in [4.69, 9.17) is 4.74 Å². The van der Waals surface area contributed by atoms with Crippen LogP contribution in [0.4, 0.5) is 0 Å². The van der Waals surface area contributed by atoms with E-state index in [-0.39, 0.29) is 30.5 Å². The van der Waals surface area contributed by atoms with E-state index in [1.165, 1.54) is 5.56 Å². The van der Waals surface area contributed by atoms with Crippen LogP contribution in [0.2, 0.25) is 0 Å². The van der Waals surface area contributed by atoms with Crippen LogP contribution >= 0.6 is 0 Å². The Hall–Kier alpha value is -3.66. The van der Waals surface area contributed by atoms with E-state index in [1.54, 1.807) is 19.5 Å². The molecule has 0 aliphatic carbocycles. The first-order chi connectivity index (χ1) is 18.2. The van der Waals surface area contributed by atoms with E-state index >= 15 is 0 Å². The third-order valence-electron chi connectivity index (χ3n) is 7.56. The molecule has 37 heavy (non-hydrogen) atoms. The highest BCUT2D eigenvalue weighted by molar-refractivity contribution is 5.78. The van der Waals surface area contributed by atoms with Crippen LogP contribution in [0, 0.1) is 11.8 Å². The lowest BCUT2D eigenvalue weighted by Gasteiger charge is -2.57. The normalized spacial score (nSPS) is 21.5. The van der Waals surface area contributed by atoms with Gasteiger partial charge in [0.05, 0.1) is 20.1 Å². The highest BCUT2D eigenvalue weighted by Gasteiger charge is 2.49. The third kappa shape index (κ3) is 5.69. The average Bonchev–Trinajstić information content (AvgIpc) is 2.92. The fraction of sp³-hybridized carbons (Fsp3) is 0.355. The quantitative estimate of drug-likeness (QED) is 0.549. The summed E-state index contributed by atoms with van der Waals surface area (Å²) in [4.78, 5) is 21.7. The minimum Gasteiger partial charge on any atom is -0.497 e. The summed E-state index contributed by atoms with van der Waals surface area (Å²) in [6.45, 7) is 2.55. The van der Waals surface area contributed by atoms with Gasteiger partial charge < -0.3 is 14.7 Å². The molecule has 2 aliphatic heterocycles. The number of pyridine rings is 1. The number of hydrogen-bond donors (Lipinski definition) is 1. The van der Waals surface area contributed by atoms with Crippen molar-refractivity contribution >= 4 is 5.91 Å². The summed E-state index contributed by atoms with van der Waals surface area (Å²) in [5.74, 6) is 7.60. The first kappa shape index (κ1) is 25.0. The number of aliphatic hydroxyl groups is 1. The van der Waals surface area contributed by atoms with Gasteiger partial charge in [-0.25, -0.2) is 0 Å². The van der Waals surface area contributed by atoms with Crippen molar-refractivity contribution in [2.24, 2.45) is 0 Å². The zero-order valence-corrected chi connectivity index (χ0v) is 21.2. The van der Waals surface area contributed by atoms with E-state index in [2.05, 4.69) is 46.0 Å². The molecule has 6 heteroatoms. The number of fused-ring (bicyclic) bond motifs is 1. The molecule has 1 amide bonds. The maximum atomic E-state index is 13.2. The van der Waals surface area contributed by atoms with Crippen molar-refractivity contribution in [1.29, 1.82) is 0 Å². The van der Waals surface area contributed by atoms with Crippen LogP contribution in [0.25, 0.3) is 0 Å². The number of nitrogens with zero attached hydrogens (tertiary/aromatic N) is 3. The Kier molecular flexibility index (Phi) is 7.84. The Morgan fingerprint density at radius 2 is 1.62 bits per heavy atom. The van der Waals surface area contributed by atoms with E-state index in [0.29, 0.717) is 13.0 Å². The van der Waals surface area contributed by atoms with Gasteiger partial charge in [-0.2, -0.15) is 0 Å². The molecule has 3 aromatic rings. The molecule has 0 unspecified atom stereocenters. The molecule has 1 aromatic heterocycles. The van der Waals surface area contributed by atoms with Gasteiger partial charge >= 0.3 is 0 Å². The topological polar surface area (TPSA) is 65.9 Å². The molecule has 0 bridgehead atoms. The molecule has 2 aliphatic rings. The van der Waals surface area contributed by atoms with Crippen LogP contribution in [0.5, 0.6) is 5.75 Å². The Morgan fingerprint density at radius 3 is 2.27 bits per heavy atom. The number of aromatic nitrogens is 1. The fourth-order valence-electron chi connectivity index (χ4n) is 5.56. The summed E-state index contributed by atoms with van der Waals surface area (Å²) in [6, 6.07) is 20.2. The van der Waals surface area contributed by atoms with Gasteiger partial charge in [0.15, 0.2) is 0 Å². The molecule has 3 heterocycles. The monoisotopic (exact) mass is 495 g/mol. The van der Waals surface area contributed by atoms with Gasteiger partial charge in [-0.15, -0.1) is 0 Å². The van der Waals surface area contributed by atoms with Crippen molar-refractivity contribution in [2.45, 2.75) is 37.3 Å². The number of ether oxygens (including phenoxy) is 1. The second kappa shape index (κ2) is 11.6. The first-order valence-electron chi connectivity index (χ1n) is 13.0. The molecule has 3 atom stereocenters. The van der Waals surface area contributed by atoms with Crippen LogP contribution in [0.1, 0.15) is 41.0 Å². The van der Waals surface area contributed by atoms with Crippen molar-refractivity contribution in [3.05, 3.63) is 95.3 Å². The number of amides is 1. The molecule has 0 saturated carbocycles. The summed E-state index contributed by atoms with van der Waals surface area (Å²) in [5.41, 5.74) is 4.06. The summed E-state index contributed by atoms with van der Waals surface area (Å²) >= 11 is 0. The SMILES string of the molecule is COc1ccc(C#Cc2ccc([C@@H]3[C@H](CO)N4CCCCN(C(=O)Cc5ccncc5)C[C@@H]34)cc2)cc1. The molecule has 2 fully saturated rings. The zero-order valence-electron chi connectivity index (χ0n) is 21.2. The van der Waals surface area contributed by atoms with Crippen molar-refractivity contribution in [1.82, 2.24) is 14.8 Å². The van der Waals surface area contributed by atoms with Gasteiger partial charge in [0.1, 0.15) is 5.75 Å². The maximum absolute atomic E-state index is 13.2. The molecule has 6 nitrogen and oxygen atoms in total. The fourth-order valence-corrected chi connectivity index (χ4v) is 5.56. The largest absolute Gasteiger partial charge is 0.497 e. The summed E-state index contributed by atoms with van der Waals surface area (Å²) in [6.07, 6.45) is 5.87. The number of carbonyl (C=O) groups is 1. The Labute approximate surface area is 218 Å². The van der Waals surface area contributed by atoms with Gasteiger partial charge in [-0.05, 0) is 79.0 Å². The Morgan fingerprint density at radius 1 is 0.973 bits per heavy atom. The molecule has 190 valence electrons. The zero-order chi connectivity index (χ0) is 25.6. The van der Waals surface area contributed by atoms with Crippen molar-refractivity contribution in [2.75, 3.05) is 33.4 Å². The van der Waals surface area contributed by atoms with Crippen LogP contribution in [0.3, 0.4) is 0 Å². The standard InChI is InChI=1S/C31H33N3O3/c1-37-27-12-8-24(9-13-27)5-4-23-6-10-26(11-7-23)31-28-21-33(18-2-3-19-34(28)29(31)22-35)30(36)20-25-14-16-32-17-15-25/h6-17,28-29,31,35H,2-3,18-22H2,1H3/t28-,29-,31-/m0/s1. The van der Waals surface area contributed by atoms with E-state index in [1.807, 2.05) is 41.3 Å². The predicted octanol–water partition coefficient (Wildman–Crippen LogP) is 3.48. The van der Waals surface area contributed by atoms with Gasteiger partial charge in [0, 0.05) is 54.6 Å². The smallest absolute Gasteiger partial charge is 0.227 e. The van der Waals surface area contributed by atoms with Crippen LogP contribution in [-0.4, -0.2) is 71.2 Å². The predicted molar refractivity (Wildman–Crippen MR) is 143 cm³/mol. The summed E-state index contributed by atoms with van der Waals surface area (Å²) in [7, 11) is 1.65. The highest BCUT2D eigenvalue weighted by Crippen LogP contribution is 2.42. The number of aliphatic hydroxyl groups excluding tert-OH is 1. The van der Waals surface area contributed by atoms with Gasteiger partial charge in [-0.1, -0.05) is 24.0 Å². The lowest BCUT2D eigenvalue weighted by molar-refractivity contribution is -0.135. The molecule has 2 saturated heterocycles. The molecule has 5 rings (SSSR count). The number of hydrogen-bond acceptors (Lipinski definition) is 5. The first-order valence-corrected chi connectivity index (χ1v) is 13.0. The third-order valence-corrected chi connectivity index (χ3v) is 7.56. The molecular formula is C31H33N3O3. The minimum atomic E-state index is 0.0801. The molecule has 2 aromatic carbocycles. The van der Waals surface area contributed by atoms with Crippen molar-refractivity contribution < 1.29 is 14.6 Å². The lowest BCUT2D eigenvalue weighted by atomic mass is 9.74. The van der Waals surface area contributed by atoms with E-state index < -0.39 is 0 Å². The van der Waals surface area contributed by atoms with Crippen LogP contribution in [0.15, 0.2) is 73.1 Å². The van der Waals surface area contributed by atoms with Gasteiger partial charge in [0.25, 0.3) is 0 Å². The van der Waals surface area contributed by atoms with E-state index in [9.17, 15) is 9.90 Å². The maximum Gasteiger partial charge on any atom is 0.227 e. The van der Waals surface area contributed by atoms with Crippen LogP contribution in [-0.2, 0) is 11.2 Å². The Bertz CT molecular complexity index is 1250. The molecule has 0 radical (unpaired) electrons. The summed E-state index contributed by atoms with van der Waals surface area (Å²) in [5, 5.41) is 10.2. The number of rotatable bonds is 5. The minimum absolute atomic E-state index is 0.0801. The second-order valence-corrected chi connectivity index (χ2v) is 9.76. The molecular weight excluding hydrogens is 462 g/mol. The van der Waals surface area contributed by atoms with E-state index in [0.717, 1.165) is 48.4 Å². The number of carbonyl (C=O) groups excluding carboxylic acids is 1. The average molecular weight is 496 g/mol. The van der Waals surface area contributed by atoms with Gasteiger partial charge in [-0.3, -0.25) is 14.7 Å². The molecule has 1 N–H and O–H groups in total. The van der Waals surface area contributed by atoms with Crippen LogP contribution < -0.4 is 4.74 Å². The highest BCUT2D eigenvalue weighted by atomic mass is 16.5.